The van der Waals surface area contributed by atoms with Crippen molar-refractivity contribution in [2.75, 3.05) is 0 Å². The lowest BCUT2D eigenvalue weighted by Gasteiger charge is -2.30. The lowest BCUT2D eigenvalue weighted by molar-refractivity contribution is 0.150. The standard InChI is InChI=1S/C11H19F.C2H6/c1-4-8(2)10-6-5-9(3)11(12)7-10;1-2/h9-11H,2,4-7H2,1,3H3;1-2H3. The van der Waals surface area contributed by atoms with E-state index >= 15 is 0 Å². The van der Waals surface area contributed by atoms with E-state index in [0.717, 1.165) is 19.3 Å². The molecular weight excluding hydrogens is 175 g/mol. The monoisotopic (exact) mass is 200 g/mol. The minimum Gasteiger partial charge on any atom is -0.247 e. The lowest BCUT2D eigenvalue weighted by atomic mass is 9.78. The van der Waals surface area contributed by atoms with E-state index in [1.165, 1.54) is 5.57 Å². The van der Waals surface area contributed by atoms with Gasteiger partial charge in [0.25, 0.3) is 0 Å². The third-order valence-electron chi connectivity index (χ3n) is 3.13. The van der Waals surface area contributed by atoms with Gasteiger partial charge in [0.2, 0.25) is 0 Å². The summed E-state index contributed by atoms with van der Waals surface area (Å²) in [4.78, 5) is 0. The molecule has 0 aromatic heterocycles. The summed E-state index contributed by atoms with van der Waals surface area (Å²) in [6, 6.07) is 0. The fourth-order valence-corrected chi connectivity index (χ4v) is 1.93. The number of halogens is 1. The second-order valence-corrected chi connectivity index (χ2v) is 4.02. The van der Waals surface area contributed by atoms with Crippen molar-refractivity contribution < 1.29 is 4.39 Å². The number of hydrogen-bond donors (Lipinski definition) is 0. The molecule has 1 fully saturated rings. The molecule has 14 heavy (non-hydrogen) atoms. The molecule has 3 atom stereocenters. The largest absolute Gasteiger partial charge is 0.247 e. The molecule has 0 spiro atoms. The van der Waals surface area contributed by atoms with Gasteiger partial charge in [0.1, 0.15) is 6.17 Å². The van der Waals surface area contributed by atoms with Gasteiger partial charge in [0.15, 0.2) is 0 Å². The zero-order chi connectivity index (χ0) is 11.1. The summed E-state index contributed by atoms with van der Waals surface area (Å²) in [5.41, 5.74) is 1.24. The first-order valence-corrected chi connectivity index (χ1v) is 5.96. The predicted molar refractivity (Wildman–Crippen MR) is 62.2 cm³/mol. The first-order valence-electron chi connectivity index (χ1n) is 5.96. The topological polar surface area (TPSA) is 0 Å². The van der Waals surface area contributed by atoms with Crippen molar-refractivity contribution in [1.29, 1.82) is 0 Å². The van der Waals surface area contributed by atoms with E-state index in [0.29, 0.717) is 12.3 Å². The highest BCUT2D eigenvalue weighted by Gasteiger charge is 2.28. The average Bonchev–Trinajstić information content (AvgIpc) is 2.24. The molecular formula is C13H25F. The van der Waals surface area contributed by atoms with Crippen LogP contribution in [-0.2, 0) is 0 Å². The molecule has 0 amide bonds. The summed E-state index contributed by atoms with van der Waals surface area (Å²) in [5.74, 6) is 0.729. The molecule has 3 unspecified atom stereocenters. The summed E-state index contributed by atoms with van der Waals surface area (Å²) in [7, 11) is 0. The smallest absolute Gasteiger partial charge is 0.103 e. The van der Waals surface area contributed by atoms with Crippen molar-refractivity contribution >= 4 is 0 Å². The Morgan fingerprint density at radius 2 is 1.93 bits per heavy atom. The summed E-state index contributed by atoms with van der Waals surface area (Å²) < 4.78 is 13.3. The minimum atomic E-state index is -0.591. The van der Waals surface area contributed by atoms with E-state index < -0.39 is 6.17 Å². The van der Waals surface area contributed by atoms with E-state index in [1.54, 1.807) is 0 Å². The lowest BCUT2D eigenvalue weighted by Crippen LogP contribution is -2.24. The van der Waals surface area contributed by atoms with Gasteiger partial charge < -0.3 is 0 Å². The van der Waals surface area contributed by atoms with Crippen molar-refractivity contribution in [3.8, 4) is 0 Å². The summed E-state index contributed by atoms with van der Waals surface area (Å²) in [6.07, 6.45) is 3.31. The summed E-state index contributed by atoms with van der Waals surface area (Å²) in [5, 5.41) is 0. The number of allylic oxidation sites excluding steroid dienone is 1. The molecule has 0 radical (unpaired) electrons. The van der Waals surface area contributed by atoms with Gasteiger partial charge in [0.05, 0.1) is 0 Å². The average molecular weight is 200 g/mol. The van der Waals surface area contributed by atoms with Crippen molar-refractivity contribution in [1.82, 2.24) is 0 Å². The Labute approximate surface area is 88.6 Å². The molecule has 1 heteroatoms. The van der Waals surface area contributed by atoms with E-state index in [2.05, 4.69) is 13.5 Å². The van der Waals surface area contributed by atoms with Crippen LogP contribution in [0.1, 0.15) is 53.4 Å². The van der Waals surface area contributed by atoms with Gasteiger partial charge in [0, 0.05) is 0 Å². The Bertz CT molecular complexity index is 163. The Morgan fingerprint density at radius 1 is 1.36 bits per heavy atom. The van der Waals surface area contributed by atoms with Crippen LogP contribution in [0, 0.1) is 11.8 Å². The van der Waals surface area contributed by atoms with Crippen LogP contribution in [0.25, 0.3) is 0 Å². The van der Waals surface area contributed by atoms with E-state index in [1.807, 2.05) is 20.8 Å². The van der Waals surface area contributed by atoms with Gasteiger partial charge in [-0.05, 0) is 37.5 Å². The maximum Gasteiger partial charge on any atom is 0.103 e. The van der Waals surface area contributed by atoms with Crippen molar-refractivity contribution in [3.05, 3.63) is 12.2 Å². The molecule has 1 aliphatic carbocycles. The Morgan fingerprint density at radius 3 is 2.36 bits per heavy atom. The quantitative estimate of drug-likeness (QED) is 0.564. The van der Waals surface area contributed by atoms with Crippen LogP contribution in [0.5, 0.6) is 0 Å². The highest BCUT2D eigenvalue weighted by atomic mass is 19.1. The van der Waals surface area contributed by atoms with Gasteiger partial charge in [-0.15, -0.1) is 0 Å². The third kappa shape index (κ3) is 3.81. The maximum atomic E-state index is 13.3. The van der Waals surface area contributed by atoms with Crippen LogP contribution < -0.4 is 0 Å². The highest BCUT2D eigenvalue weighted by Crippen LogP contribution is 2.35. The molecule has 0 aromatic rings. The van der Waals surface area contributed by atoms with E-state index in [9.17, 15) is 4.39 Å². The number of rotatable bonds is 2. The third-order valence-corrected chi connectivity index (χ3v) is 3.13. The molecule has 0 heterocycles. The molecule has 0 nitrogen and oxygen atoms in total. The Kier molecular flexibility index (Phi) is 6.86. The van der Waals surface area contributed by atoms with Gasteiger partial charge in [-0.3, -0.25) is 0 Å². The minimum absolute atomic E-state index is 0.269. The number of hydrogen-bond acceptors (Lipinski definition) is 0. The van der Waals surface area contributed by atoms with Gasteiger partial charge in [-0.2, -0.15) is 0 Å². The highest BCUT2D eigenvalue weighted by molar-refractivity contribution is 5.02. The van der Waals surface area contributed by atoms with Crippen molar-refractivity contribution in [2.24, 2.45) is 11.8 Å². The molecule has 1 rings (SSSR count). The molecule has 0 N–H and O–H groups in total. The second-order valence-electron chi connectivity index (χ2n) is 4.02. The van der Waals surface area contributed by atoms with Gasteiger partial charge >= 0.3 is 0 Å². The van der Waals surface area contributed by atoms with Crippen LogP contribution in [0.3, 0.4) is 0 Å². The Hall–Kier alpha value is -0.330. The SMILES string of the molecule is C=C(CC)C1CCC(C)C(F)C1.CC. The molecule has 0 aromatic carbocycles. The molecule has 0 bridgehead atoms. The fourth-order valence-electron chi connectivity index (χ4n) is 1.93. The maximum absolute atomic E-state index is 13.3. The van der Waals surface area contributed by atoms with Gasteiger partial charge in [-0.1, -0.05) is 39.8 Å². The normalized spacial score (nSPS) is 31.6. The summed E-state index contributed by atoms with van der Waals surface area (Å²) >= 11 is 0. The number of alkyl halides is 1. The molecule has 1 saturated carbocycles. The van der Waals surface area contributed by atoms with Crippen LogP contribution >= 0.6 is 0 Å². The van der Waals surface area contributed by atoms with Crippen LogP contribution in [0.4, 0.5) is 4.39 Å². The summed E-state index contributed by atoms with van der Waals surface area (Å²) in [6.45, 7) is 12.1. The zero-order valence-corrected chi connectivity index (χ0v) is 10.1. The van der Waals surface area contributed by atoms with Crippen LogP contribution in [0.2, 0.25) is 0 Å². The zero-order valence-electron chi connectivity index (χ0n) is 10.1. The Balaban J connectivity index is 0.000000791. The van der Waals surface area contributed by atoms with E-state index in [4.69, 9.17) is 0 Å². The van der Waals surface area contributed by atoms with Crippen molar-refractivity contribution in [3.63, 3.8) is 0 Å². The molecule has 0 aliphatic heterocycles. The molecule has 84 valence electrons. The molecule has 0 saturated heterocycles. The first kappa shape index (κ1) is 13.7. The van der Waals surface area contributed by atoms with Crippen LogP contribution in [-0.4, -0.2) is 6.17 Å². The predicted octanol–water partition coefficient (Wildman–Crippen LogP) is 4.75. The van der Waals surface area contributed by atoms with Gasteiger partial charge in [-0.25, -0.2) is 4.39 Å². The molecule has 1 aliphatic rings. The van der Waals surface area contributed by atoms with Crippen LogP contribution in [0.15, 0.2) is 12.2 Å². The van der Waals surface area contributed by atoms with E-state index in [-0.39, 0.29) is 5.92 Å². The van der Waals surface area contributed by atoms with Crippen molar-refractivity contribution in [2.45, 2.75) is 59.5 Å². The second kappa shape index (κ2) is 7.03. The first-order chi connectivity index (χ1) is 6.65. The fraction of sp³-hybridized carbons (Fsp3) is 0.846.